The molecule has 0 atom stereocenters. The van der Waals surface area contributed by atoms with Crippen molar-refractivity contribution in [2.75, 3.05) is 19.1 Å². The van der Waals surface area contributed by atoms with Crippen LogP contribution < -0.4 is 9.64 Å². The molecule has 5 nitrogen and oxygen atoms in total. The number of carboxylic acids is 1. The normalized spacial score (nSPS) is 10.0. The fraction of sp³-hybridized carbons (Fsp3) is 0.385. The van der Waals surface area contributed by atoms with E-state index in [1.807, 2.05) is 13.8 Å². The first-order chi connectivity index (χ1) is 8.36. The van der Waals surface area contributed by atoms with Crippen LogP contribution in [0.15, 0.2) is 12.1 Å². The smallest absolute Gasteiger partial charge is 0.312 e. The lowest BCUT2D eigenvalue weighted by Gasteiger charge is -2.19. The van der Waals surface area contributed by atoms with Crippen molar-refractivity contribution in [3.05, 3.63) is 23.3 Å². The van der Waals surface area contributed by atoms with Gasteiger partial charge in [0.05, 0.1) is 7.11 Å². The van der Waals surface area contributed by atoms with Gasteiger partial charge in [0.2, 0.25) is 5.91 Å². The van der Waals surface area contributed by atoms with Crippen molar-refractivity contribution in [3.8, 4) is 5.75 Å². The lowest BCUT2D eigenvalue weighted by atomic mass is 10.1. The second-order valence-corrected chi connectivity index (χ2v) is 4.14. The van der Waals surface area contributed by atoms with Crippen molar-refractivity contribution in [2.45, 2.75) is 20.3 Å². The molecule has 0 aromatic heterocycles. The molecule has 0 saturated carbocycles. The zero-order valence-corrected chi connectivity index (χ0v) is 11.0. The quantitative estimate of drug-likeness (QED) is 0.828. The van der Waals surface area contributed by atoms with Gasteiger partial charge in [0.15, 0.2) is 0 Å². The van der Waals surface area contributed by atoms with Crippen LogP contribution in [0.5, 0.6) is 5.75 Å². The Balaban J connectivity index is 3.04. The molecule has 0 saturated heterocycles. The molecule has 0 unspecified atom stereocenters. The number of aliphatic carboxylic acids is 1. The van der Waals surface area contributed by atoms with Crippen molar-refractivity contribution < 1.29 is 19.4 Å². The Bertz CT molecular complexity index is 459. The number of hydrogen-bond donors (Lipinski definition) is 1. The molecule has 1 amide bonds. The third-order valence-corrected chi connectivity index (χ3v) is 2.71. The van der Waals surface area contributed by atoms with Crippen LogP contribution in [-0.2, 0) is 9.59 Å². The first-order valence-corrected chi connectivity index (χ1v) is 5.50. The van der Waals surface area contributed by atoms with E-state index in [2.05, 4.69) is 0 Å². The van der Waals surface area contributed by atoms with Crippen LogP contribution >= 0.6 is 0 Å². The number of methoxy groups -OCH3 is 1. The third kappa shape index (κ3) is 3.00. The number of nitrogens with zero attached hydrogens (tertiary/aromatic N) is 1. The van der Waals surface area contributed by atoms with Crippen molar-refractivity contribution >= 4 is 17.6 Å². The van der Waals surface area contributed by atoms with Crippen LogP contribution in [0.25, 0.3) is 0 Å². The van der Waals surface area contributed by atoms with Gasteiger partial charge in [-0.05, 0) is 37.1 Å². The Labute approximate surface area is 106 Å². The van der Waals surface area contributed by atoms with Gasteiger partial charge in [0.25, 0.3) is 0 Å². The Morgan fingerprint density at radius 2 is 1.78 bits per heavy atom. The number of carboxylic acid groups (broad SMARTS) is 1. The average molecular weight is 251 g/mol. The van der Waals surface area contributed by atoms with Crippen LogP contribution in [0.4, 0.5) is 5.69 Å². The van der Waals surface area contributed by atoms with E-state index in [9.17, 15) is 9.59 Å². The minimum absolute atomic E-state index is 0.452. The lowest BCUT2D eigenvalue weighted by Crippen LogP contribution is -2.28. The maximum Gasteiger partial charge on any atom is 0.312 e. The summed E-state index contributed by atoms with van der Waals surface area (Å²) >= 11 is 0. The second kappa shape index (κ2) is 5.53. The Morgan fingerprint density at radius 1 is 1.28 bits per heavy atom. The van der Waals surface area contributed by atoms with E-state index in [0.29, 0.717) is 5.69 Å². The van der Waals surface area contributed by atoms with Gasteiger partial charge in [0, 0.05) is 12.7 Å². The summed E-state index contributed by atoms with van der Waals surface area (Å²) in [5, 5.41) is 8.60. The number of anilines is 1. The number of aryl methyl sites for hydroxylation is 2. The van der Waals surface area contributed by atoms with Gasteiger partial charge in [-0.25, -0.2) is 0 Å². The van der Waals surface area contributed by atoms with Gasteiger partial charge < -0.3 is 14.7 Å². The number of carbonyl (C=O) groups is 2. The fourth-order valence-corrected chi connectivity index (χ4v) is 1.83. The molecule has 0 bridgehead atoms. The van der Waals surface area contributed by atoms with Gasteiger partial charge in [-0.3, -0.25) is 9.59 Å². The molecule has 0 heterocycles. The molecule has 0 radical (unpaired) electrons. The van der Waals surface area contributed by atoms with Crippen molar-refractivity contribution in [1.82, 2.24) is 0 Å². The minimum Gasteiger partial charge on any atom is -0.496 e. The highest BCUT2D eigenvalue weighted by molar-refractivity contribution is 6.02. The zero-order valence-electron chi connectivity index (χ0n) is 11.0. The number of benzene rings is 1. The standard InChI is InChI=1S/C13H17NO4/c1-8-5-10(6-9(2)13(8)18-4)14(3)11(15)7-12(16)17/h5-6H,7H2,1-4H3,(H,16,17). The zero-order chi connectivity index (χ0) is 13.9. The van der Waals surface area contributed by atoms with Crippen LogP contribution in [0.1, 0.15) is 17.5 Å². The summed E-state index contributed by atoms with van der Waals surface area (Å²) in [6.45, 7) is 3.76. The SMILES string of the molecule is COc1c(C)cc(N(C)C(=O)CC(=O)O)cc1C. The Hall–Kier alpha value is -2.04. The van der Waals surface area contributed by atoms with E-state index in [-0.39, 0.29) is 0 Å². The van der Waals surface area contributed by atoms with E-state index in [4.69, 9.17) is 9.84 Å². The molecule has 1 aromatic carbocycles. The molecule has 5 heteroatoms. The van der Waals surface area contributed by atoms with Gasteiger partial charge in [-0.1, -0.05) is 0 Å². The number of hydrogen-bond acceptors (Lipinski definition) is 3. The first-order valence-electron chi connectivity index (χ1n) is 5.50. The fourth-order valence-electron chi connectivity index (χ4n) is 1.83. The first kappa shape index (κ1) is 14.0. The molecule has 1 aromatic rings. The average Bonchev–Trinajstić information content (AvgIpc) is 2.26. The predicted octanol–water partition coefficient (Wildman–Crippen LogP) is 1.75. The van der Waals surface area contributed by atoms with Gasteiger partial charge in [-0.2, -0.15) is 0 Å². The molecule has 0 aliphatic carbocycles. The largest absolute Gasteiger partial charge is 0.496 e. The van der Waals surface area contributed by atoms with E-state index in [0.717, 1.165) is 16.9 Å². The topological polar surface area (TPSA) is 66.8 Å². The Morgan fingerprint density at radius 3 is 2.17 bits per heavy atom. The Kier molecular flexibility index (Phi) is 4.31. The monoisotopic (exact) mass is 251 g/mol. The second-order valence-electron chi connectivity index (χ2n) is 4.14. The van der Waals surface area contributed by atoms with Crippen LogP contribution in [0, 0.1) is 13.8 Å². The van der Waals surface area contributed by atoms with Crippen molar-refractivity contribution in [1.29, 1.82) is 0 Å². The summed E-state index contributed by atoms with van der Waals surface area (Å²) in [5.74, 6) is -0.807. The lowest BCUT2D eigenvalue weighted by molar-refractivity contribution is -0.140. The number of carbonyl (C=O) groups excluding carboxylic acids is 1. The maximum atomic E-state index is 11.6. The molecule has 0 spiro atoms. The molecular formula is C13H17NO4. The summed E-state index contributed by atoms with van der Waals surface area (Å²) in [6.07, 6.45) is -0.513. The molecule has 0 aliphatic rings. The third-order valence-electron chi connectivity index (χ3n) is 2.71. The maximum absolute atomic E-state index is 11.6. The van der Waals surface area contributed by atoms with E-state index < -0.39 is 18.3 Å². The predicted molar refractivity (Wildman–Crippen MR) is 68.1 cm³/mol. The number of ether oxygens (including phenoxy) is 1. The minimum atomic E-state index is -1.13. The van der Waals surface area contributed by atoms with E-state index >= 15 is 0 Å². The molecule has 1 N–H and O–H groups in total. The highest BCUT2D eigenvalue weighted by Gasteiger charge is 2.16. The summed E-state index contributed by atoms with van der Waals surface area (Å²) in [7, 11) is 3.15. The van der Waals surface area contributed by atoms with Crippen molar-refractivity contribution in [3.63, 3.8) is 0 Å². The summed E-state index contributed by atoms with van der Waals surface area (Å²) in [5.41, 5.74) is 2.47. The van der Waals surface area contributed by atoms with Crippen molar-refractivity contribution in [2.24, 2.45) is 0 Å². The highest BCUT2D eigenvalue weighted by atomic mass is 16.5. The van der Waals surface area contributed by atoms with Gasteiger partial charge >= 0.3 is 5.97 Å². The molecular weight excluding hydrogens is 234 g/mol. The number of amides is 1. The van der Waals surface area contributed by atoms with Crippen LogP contribution in [-0.4, -0.2) is 31.1 Å². The summed E-state index contributed by atoms with van der Waals surface area (Å²) in [6, 6.07) is 3.59. The summed E-state index contributed by atoms with van der Waals surface area (Å²) < 4.78 is 5.24. The van der Waals surface area contributed by atoms with E-state index in [1.165, 1.54) is 4.90 Å². The molecule has 1 rings (SSSR count). The van der Waals surface area contributed by atoms with Gasteiger partial charge in [0.1, 0.15) is 12.2 Å². The van der Waals surface area contributed by atoms with Gasteiger partial charge in [-0.15, -0.1) is 0 Å². The van der Waals surface area contributed by atoms with Crippen LogP contribution in [0.3, 0.4) is 0 Å². The van der Waals surface area contributed by atoms with E-state index in [1.54, 1.807) is 26.3 Å². The highest BCUT2D eigenvalue weighted by Crippen LogP contribution is 2.28. The molecule has 0 fully saturated rings. The molecule has 18 heavy (non-hydrogen) atoms. The van der Waals surface area contributed by atoms with Crippen LogP contribution in [0.2, 0.25) is 0 Å². The summed E-state index contributed by atoms with van der Waals surface area (Å²) in [4.78, 5) is 23.5. The molecule has 98 valence electrons. The molecule has 0 aliphatic heterocycles. The number of rotatable bonds is 4.